The number of fused-ring (bicyclic) bond motifs is 1. The van der Waals surface area contributed by atoms with Crippen molar-refractivity contribution in [2.45, 2.75) is 52.4 Å². The van der Waals surface area contributed by atoms with Gasteiger partial charge in [0.05, 0.1) is 23.7 Å². The Balaban J connectivity index is 1.37. The van der Waals surface area contributed by atoms with Crippen LogP contribution in [0.5, 0.6) is 11.5 Å². The molecule has 222 valence electrons. The summed E-state index contributed by atoms with van der Waals surface area (Å²) >= 11 is 1.30. The van der Waals surface area contributed by atoms with Gasteiger partial charge in [0, 0.05) is 17.7 Å². The quantitative estimate of drug-likeness (QED) is 0.103. The number of hydrazone groups is 1. The fourth-order valence-corrected chi connectivity index (χ4v) is 5.22. The maximum absolute atomic E-state index is 12.9. The van der Waals surface area contributed by atoms with Crippen LogP contribution in [0.25, 0.3) is 6.08 Å². The summed E-state index contributed by atoms with van der Waals surface area (Å²) in [5.74, 6) is 0.352. The van der Waals surface area contributed by atoms with E-state index in [2.05, 4.69) is 17.0 Å². The van der Waals surface area contributed by atoms with Crippen LogP contribution in [0.2, 0.25) is 0 Å². The van der Waals surface area contributed by atoms with Gasteiger partial charge >= 0.3 is 0 Å². The van der Waals surface area contributed by atoms with Crippen LogP contribution >= 0.6 is 11.8 Å². The Morgan fingerprint density at radius 1 is 1.05 bits per heavy atom. The van der Waals surface area contributed by atoms with E-state index in [-0.39, 0.29) is 35.9 Å². The van der Waals surface area contributed by atoms with Crippen LogP contribution in [0.1, 0.15) is 56.6 Å². The Bertz CT molecular complexity index is 1410. The van der Waals surface area contributed by atoms with Crippen LogP contribution in [0.4, 0.5) is 5.69 Å². The van der Waals surface area contributed by atoms with Gasteiger partial charge in [-0.1, -0.05) is 44.7 Å². The number of aliphatic imine (C=N–C) groups is 1. The number of aryl methyl sites for hydroxylation is 1. The second-order valence-corrected chi connectivity index (χ2v) is 10.8. The van der Waals surface area contributed by atoms with Gasteiger partial charge in [0.25, 0.3) is 11.6 Å². The lowest BCUT2D eigenvalue weighted by molar-refractivity contribution is -0.384. The number of nitro groups is 1. The molecule has 0 spiro atoms. The summed E-state index contributed by atoms with van der Waals surface area (Å²) in [5, 5.41) is 27.1. The molecule has 2 heterocycles. The molecule has 1 N–H and O–H groups in total. The third kappa shape index (κ3) is 8.49. The van der Waals surface area contributed by atoms with Crippen LogP contribution < -0.4 is 9.47 Å². The average Bonchev–Trinajstić information content (AvgIpc) is 3.37. The van der Waals surface area contributed by atoms with Gasteiger partial charge in [-0.05, 0) is 61.4 Å². The maximum Gasteiger partial charge on any atom is 0.283 e. The molecule has 2 aromatic rings. The number of hydrogen-bond acceptors (Lipinski definition) is 9. The van der Waals surface area contributed by atoms with Gasteiger partial charge in [0.1, 0.15) is 29.8 Å². The molecule has 12 heteroatoms. The van der Waals surface area contributed by atoms with E-state index in [1.807, 2.05) is 31.2 Å². The third-order valence-corrected chi connectivity index (χ3v) is 7.43. The molecule has 0 bridgehead atoms. The highest BCUT2D eigenvalue weighted by molar-refractivity contribution is 8.26. The van der Waals surface area contributed by atoms with Crippen LogP contribution in [0.15, 0.2) is 58.1 Å². The zero-order valence-electron chi connectivity index (χ0n) is 23.8. The van der Waals surface area contributed by atoms with Crippen molar-refractivity contribution in [1.82, 2.24) is 5.01 Å². The first-order chi connectivity index (χ1) is 20.4. The molecule has 0 aliphatic carbocycles. The second kappa shape index (κ2) is 15.3. The molecule has 0 unspecified atom stereocenters. The van der Waals surface area contributed by atoms with Crippen molar-refractivity contribution in [2.75, 3.05) is 26.4 Å². The van der Waals surface area contributed by atoms with Crippen molar-refractivity contribution in [3.05, 3.63) is 69.3 Å². The number of amidine groups is 2. The highest BCUT2D eigenvalue weighted by atomic mass is 32.2. The Hall–Kier alpha value is -4.03. The molecule has 0 radical (unpaired) electrons. The highest BCUT2D eigenvalue weighted by Crippen LogP contribution is 2.32. The molecule has 0 atom stereocenters. The minimum atomic E-state index is -0.604. The Labute approximate surface area is 249 Å². The van der Waals surface area contributed by atoms with Gasteiger partial charge in [-0.3, -0.25) is 20.3 Å². The highest BCUT2D eigenvalue weighted by Gasteiger charge is 2.35. The molecular formula is C30H35N5O6S. The van der Waals surface area contributed by atoms with E-state index < -0.39 is 10.8 Å². The molecule has 1 amide bonds. The number of nitrogens with zero attached hydrogens (tertiary/aromatic N) is 4. The van der Waals surface area contributed by atoms with Gasteiger partial charge in [0.15, 0.2) is 5.84 Å². The fraction of sp³-hybridized carbons (Fsp3) is 0.400. The molecule has 11 nitrogen and oxygen atoms in total. The van der Waals surface area contributed by atoms with Crippen LogP contribution in [-0.2, 0) is 9.53 Å². The van der Waals surface area contributed by atoms with E-state index >= 15 is 0 Å². The molecule has 2 aromatic carbocycles. The molecule has 0 fully saturated rings. The van der Waals surface area contributed by atoms with Gasteiger partial charge < -0.3 is 14.2 Å². The normalized spacial score (nSPS) is 15.5. The lowest BCUT2D eigenvalue weighted by Gasteiger charge is -2.20. The van der Waals surface area contributed by atoms with Crippen molar-refractivity contribution >= 4 is 45.5 Å². The number of ether oxygens (including phenoxy) is 3. The number of rotatable bonds is 16. The molecular weight excluding hydrogens is 558 g/mol. The van der Waals surface area contributed by atoms with Gasteiger partial charge in [-0.15, -0.1) is 0 Å². The maximum atomic E-state index is 12.9. The first kappa shape index (κ1) is 30.9. The van der Waals surface area contributed by atoms with E-state index in [4.69, 9.17) is 19.6 Å². The summed E-state index contributed by atoms with van der Waals surface area (Å²) in [6.45, 7) is 5.32. The van der Waals surface area contributed by atoms with Crippen molar-refractivity contribution in [1.29, 1.82) is 5.41 Å². The zero-order chi connectivity index (χ0) is 29.9. The minimum absolute atomic E-state index is 0.0257. The molecule has 0 aromatic heterocycles. The van der Waals surface area contributed by atoms with Gasteiger partial charge in [0.2, 0.25) is 5.17 Å². The summed E-state index contributed by atoms with van der Waals surface area (Å²) in [5.41, 5.74) is 1.20. The number of hydrogen-bond donors (Lipinski definition) is 1. The number of nitro benzene ring substituents is 1. The Kier molecular flexibility index (Phi) is 11.2. The van der Waals surface area contributed by atoms with Crippen molar-refractivity contribution in [3.63, 3.8) is 0 Å². The SMILES string of the molecule is CCCCCCCC1=NN2C(=N)/C(=C/c3cc([N+](=O)[O-])ccc3OCCOCCOc3cccc(C)c3)C(=O)N=C2S1. The average molecular weight is 594 g/mol. The lowest BCUT2D eigenvalue weighted by atomic mass is 10.1. The van der Waals surface area contributed by atoms with E-state index in [0.29, 0.717) is 24.1 Å². The minimum Gasteiger partial charge on any atom is -0.491 e. The Morgan fingerprint density at radius 3 is 2.60 bits per heavy atom. The first-order valence-electron chi connectivity index (χ1n) is 14.0. The molecule has 0 saturated heterocycles. The first-order valence-corrected chi connectivity index (χ1v) is 14.8. The number of carbonyl (C=O) groups excluding carboxylic acids is 1. The molecule has 2 aliphatic heterocycles. The van der Waals surface area contributed by atoms with Crippen molar-refractivity contribution in [2.24, 2.45) is 10.1 Å². The topological polar surface area (TPSA) is 140 Å². The van der Waals surface area contributed by atoms with Crippen LogP contribution in [0, 0.1) is 22.4 Å². The van der Waals surface area contributed by atoms with Gasteiger partial charge in [-0.25, -0.2) is 0 Å². The second-order valence-electron chi connectivity index (χ2n) is 9.78. The van der Waals surface area contributed by atoms with E-state index in [0.717, 1.165) is 35.6 Å². The molecule has 0 saturated carbocycles. The number of non-ortho nitro benzene ring substituents is 1. The van der Waals surface area contributed by atoms with Crippen molar-refractivity contribution < 1.29 is 23.9 Å². The van der Waals surface area contributed by atoms with Crippen LogP contribution in [-0.4, -0.2) is 58.3 Å². The summed E-state index contributed by atoms with van der Waals surface area (Å²) < 4.78 is 17.1. The van der Waals surface area contributed by atoms with Crippen molar-refractivity contribution in [3.8, 4) is 11.5 Å². The smallest absolute Gasteiger partial charge is 0.283 e. The number of unbranched alkanes of at least 4 members (excludes halogenated alkanes) is 4. The molecule has 4 rings (SSSR count). The predicted molar refractivity (Wildman–Crippen MR) is 164 cm³/mol. The van der Waals surface area contributed by atoms with Gasteiger partial charge in [-0.2, -0.15) is 15.1 Å². The van der Waals surface area contributed by atoms with Crippen LogP contribution in [0.3, 0.4) is 0 Å². The van der Waals surface area contributed by atoms with E-state index in [9.17, 15) is 14.9 Å². The summed E-state index contributed by atoms with van der Waals surface area (Å²) in [7, 11) is 0. The molecule has 42 heavy (non-hydrogen) atoms. The molecule has 2 aliphatic rings. The number of carbonyl (C=O) groups is 1. The summed E-state index contributed by atoms with van der Waals surface area (Å²) in [6.07, 6.45) is 7.77. The standard InChI is InChI=1S/C30H35N5O6S/c1-3-4-5-6-7-11-27-33-34-28(31)25(29(36)32-30(34)42-27)20-22-19-23(35(37)38)12-13-26(22)41-17-15-39-14-16-40-24-10-8-9-21(2)18-24/h8-10,12-13,18-20,31H,3-7,11,14-17H2,1-2H3/b25-20-,31-28?. The number of amides is 1. The third-order valence-electron chi connectivity index (χ3n) is 6.47. The lowest BCUT2D eigenvalue weighted by Crippen LogP contribution is -2.35. The number of nitrogens with one attached hydrogen (secondary N) is 1. The summed E-state index contributed by atoms with van der Waals surface area (Å²) in [4.78, 5) is 28.0. The number of benzene rings is 2. The predicted octanol–water partition coefficient (Wildman–Crippen LogP) is 6.36. The number of thioether (sulfide) groups is 1. The Morgan fingerprint density at radius 2 is 1.83 bits per heavy atom. The largest absolute Gasteiger partial charge is 0.491 e. The fourth-order valence-electron chi connectivity index (χ4n) is 4.30. The summed E-state index contributed by atoms with van der Waals surface area (Å²) in [6, 6.07) is 11.8. The van der Waals surface area contributed by atoms with E-state index in [1.54, 1.807) is 0 Å². The zero-order valence-corrected chi connectivity index (χ0v) is 24.7. The van der Waals surface area contributed by atoms with E-state index in [1.165, 1.54) is 60.3 Å². The monoisotopic (exact) mass is 593 g/mol.